The van der Waals surface area contributed by atoms with E-state index >= 15 is 0 Å². The average Bonchev–Trinajstić information content (AvgIpc) is 3.08. The number of rotatable bonds is 1. The predicted molar refractivity (Wildman–Crippen MR) is 75.9 cm³/mol. The summed E-state index contributed by atoms with van der Waals surface area (Å²) in [5, 5.41) is 0. The number of aromatic nitrogens is 1. The second kappa shape index (κ2) is 3.82. The Bertz CT molecular complexity index is 674. The third-order valence-corrected chi connectivity index (χ3v) is 5.47. The molecule has 4 atom stereocenters. The molecule has 3 fully saturated rings. The minimum Gasteiger partial charge on any atom is -0.410 e. The Morgan fingerprint density at radius 1 is 1.33 bits per heavy atom. The number of hydrogen-bond acceptors (Lipinski definition) is 6. The van der Waals surface area contributed by atoms with Crippen molar-refractivity contribution >= 4 is 23.4 Å². The van der Waals surface area contributed by atoms with Crippen molar-refractivity contribution in [1.82, 2.24) is 4.98 Å². The topological polar surface area (TPSA) is 86.8 Å². The highest BCUT2D eigenvalue weighted by Crippen LogP contribution is 2.64. The van der Waals surface area contributed by atoms with Crippen LogP contribution in [-0.2, 0) is 14.3 Å². The zero-order valence-electron chi connectivity index (χ0n) is 12.0. The standard InChI is InChI=1S/C15H17N3O3/c1-14-9-5-6-10(20-9)15(14,2)13(19)21-12(14)18-11-8(16)4-3-7-17-11/h3-4,7,9-10H,5-6,16H2,1-2H3/b18-12-/t9-,10+,14+,15-/m0/s1. The molecule has 3 aliphatic heterocycles. The lowest BCUT2D eigenvalue weighted by molar-refractivity contribution is -0.146. The van der Waals surface area contributed by atoms with E-state index in [1.807, 2.05) is 13.8 Å². The summed E-state index contributed by atoms with van der Waals surface area (Å²) in [5.41, 5.74) is 5.13. The molecule has 0 amide bonds. The lowest BCUT2D eigenvalue weighted by Gasteiger charge is -2.36. The zero-order valence-corrected chi connectivity index (χ0v) is 12.0. The number of carbonyl (C=O) groups excluding carboxylic acids is 1. The third-order valence-electron chi connectivity index (χ3n) is 5.47. The molecule has 0 aromatic carbocycles. The van der Waals surface area contributed by atoms with Gasteiger partial charge in [0.25, 0.3) is 0 Å². The van der Waals surface area contributed by atoms with Gasteiger partial charge in [-0.15, -0.1) is 0 Å². The van der Waals surface area contributed by atoms with Gasteiger partial charge in [0.05, 0.1) is 23.3 Å². The summed E-state index contributed by atoms with van der Waals surface area (Å²) in [4.78, 5) is 21.0. The molecule has 0 aliphatic carbocycles. The number of nitrogens with two attached hydrogens (primary N) is 1. The third kappa shape index (κ3) is 1.33. The summed E-state index contributed by atoms with van der Waals surface area (Å²) in [5.74, 6) is 0.506. The van der Waals surface area contributed by atoms with E-state index in [2.05, 4.69) is 9.98 Å². The van der Waals surface area contributed by atoms with Gasteiger partial charge in [-0.05, 0) is 38.8 Å². The number of pyridine rings is 1. The molecule has 110 valence electrons. The van der Waals surface area contributed by atoms with Gasteiger partial charge in [-0.3, -0.25) is 4.79 Å². The molecule has 3 aliphatic rings. The average molecular weight is 287 g/mol. The number of anilines is 1. The van der Waals surface area contributed by atoms with Gasteiger partial charge in [-0.1, -0.05) is 0 Å². The summed E-state index contributed by atoms with van der Waals surface area (Å²) < 4.78 is 11.5. The van der Waals surface area contributed by atoms with Crippen LogP contribution >= 0.6 is 0 Å². The van der Waals surface area contributed by atoms with Crippen LogP contribution in [0.25, 0.3) is 0 Å². The Kier molecular flexibility index (Phi) is 2.32. The van der Waals surface area contributed by atoms with Gasteiger partial charge < -0.3 is 15.2 Å². The maximum Gasteiger partial charge on any atom is 0.322 e. The minimum atomic E-state index is -0.668. The highest BCUT2D eigenvalue weighted by atomic mass is 16.6. The highest BCUT2D eigenvalue weighted by Gasteiger charge is 2.75. The van der Waals surface area contributed by atoms with E-state index in [1.165, 1.54) is 0 Å². The molecule has 0 saturated carbocycles. The molecule has 1 aromatic rings. The van der Waals surface area contributed by atoms with E-state index < -0.39 is 10.8 Å². The Morgan fingerprint density at radius 3 is 2.76 bits per heavy atom. The van der Waals surface area contributed by atoms with Gasteiger partial charge in [-0.25, -0.2) is 4.98 Å². The molecule has 6 nitrogen and oxygen atoms in total. The van der Waals surface area contributed by atoms with Gasteiger partial charge >= 0.3 is 5.97 Å². The number of nitrogen functional groups attached to an aromatic ring is 1. The van der Waals surface area contributed by atoms with Gasteiger partial charge in [-0.2, -0.15) is 4.99 Å². The predicted octanol–water partition coefficient (Wildman–Crippen LogP) is 1.82. The van der Waals surface area contributed by atoms with Crippen LogP contribution in [0.2, 0.25) is 0 Å². The van der Waals surface area contributed by atoms with Crippen molar-refractivity contribution in [2.75, 3.05) is 5.73 Å². The Labute approximate surface area is 122 Å². The summed E-state index contributed by atoms with van der Waals surface area (Å²) >= 11 is 0. The molecule has 21 heavy (non-hydrogen) atoms. The van der Waals surface area contributed by atoms with Crippen LogP contribution in [-0.4, -0.2) is 29.1 Å². The number of aliphatic imine (C=N–C) groups is 1. The van der Waals surface area contributed by atoms with E-state index in [1.54, 1.807) is 18.3 Å². The number of esters is 1. The van der Waals surface area contributed by atoms with Crippen molar-refractivity contribution in [3.05, 3.63) is 18.3 Å². The fraction of sp³-hybridized carbons (Fsp3) is 0.533. The van der Waals surface area contributed by atoms with Crippen molar-refractivity contribution in [3.8, 4) is 0 Å². The fourth-order valence-corrected chi connectivity index (χ4v) is 3.90. The molecule has 3 saturated heterocycles. The van der Waals surface area contributed by atoms with Gasteiger partial charge in [0.15, 0.2) is 5.82 Å². The molecule has 6 heteroatoms. The van der Waals surface area contributed by atoms with Crippen LogP contribution in [0, 0.1) is 10.8 Å². The van der Waals surface area contributed by atoms with E-state index in [9.17, 15) is 4.79 Å². The number of nitrogens with zero attached hydrogens (tertiary/aromatic N) is 2. The first-order valence-electron chi connectivity index (χ1n) is 7.15. The molecule has 4 heterocycles. The summed E-state index contributed by atoms with van der Waals surface area (Å²) in [7, 11) is 0. The zero-order chi connectivity index (χ0) is 14.8. The van der Waals surface area contributed by atoms with Gasteiger partial charge in [0.1, 0.15) is 5.41 Å². The van der Waals surface area contributed by atoms with Crippen molar-refractivity contribution in [1.29, 1.82) is 0 Å². The Balaban J connectivity index is 1.85. The van der Waals surface area contributed by atoms with Crippen molar-refractivity contribution in [2.45, 2.75) is 38.9 Å². The van der Waals surface area contributed by atoms with Crippen LogP contribution in [0.5, 0.6) is 0 Å². The number of ether oxygens (including phenoxy) is 2. The van der Waals surface area contributed by atoms with Gasteiger partial charge in [0.2, 0.25) is 5.90 Å². The number of carbonyl (C=O) groups is 1. The quantitative estimate of drug-likeness (QED) is 0.796. The van der Waals surface area contributed by atoms with Crippen LogP contribution in [0.15, 0.2) is 23.3 Å². The monoisotopic (exact) mass is 287 g/mol. The summed E-state index contributed by atoms with van der Waals surface area (Å²) in [6.07, 6.45) is 3.30. The summed E-state index contributed by atoms with van der Waals surface area (Å²) in [6.45, 7) is 3.92. The van der Waals surface area contributed by atoms with E-state index in [-0.39, 0.29) is 18.2 Å². The molecule has 2 bridgehead atoms. The highest BCUT2D eigenvalue weighted by molar-refractivity contribution is 6.06. The molecule has 0 radical (unpaired) electrons. The molecule has 1 aromatic heterocycles. The molecule has 2 N–H and O–H groups in total. The van der Waals surface area contributed by atoms with E-state index in [0.717, 1.165) is 12.8 Å². The molecule has 0 spiro atoms. The van der Waals surface area contributed by atoms with Gasteiger partial charge in [0, 0.05) is 6.20 Å². The smallest absolute Gasteiger partial charge is 0.322 e. The van der Waals surface area contributed by atoms with Crippen LogP contribution in [0.1, 0.15) is 26.7 Å². The second-order valence-corrected chi connectivity index (χ2v) is 6.32. The number of cyclic esters (lactones) is 1. The fourth-order valence-electron chi connectivity index (χ4n) is 3.90. The van der Waals surface area contributed by atoms with Crippen molar-refractivity contribution in [2.24, 2.45) is 15.8 Å². The normalized spacial score (nSPS) is 42.4. The van der Waals surface area contributed by atoms with E-state index in [4.69, 9.17) is 15.2 Å². The van der Waals surface area contributed by atoms with Crippen molar-refractivity contribution in [3.63, 3.8) is 0 Å². The number of fused-ring (bicyclic) bond motifs is 5. The minimum absolute atomic E-state index is 0.0392. The first-order chi connectivity index (χ1) is 9.98. The molecule has 4 rings (SSSR count). The second-order valence-electron chi connectivity index (χ2n) is 6.32. The van der Waals surface area contributed by atoms with Crippen LogP contribution in [0.4, 0.5) is 11.5 Å². The lowest BCUT2D eigenvalue weighted by atomic mass is 9.59. The maximum atomic E-state index is 12.4. The van der Waals surface area contributed by atoms with Crippen molar-refractivity contribution < 1.29 is 14.3 Å². The first kappa shape index (κ1) is 12.8. The summed E-state index contributed by atoms with van der Waals surface area (Å²) in [6, 6.07) is 3.47. The Morgan fingerprint density at radius 2 is 2.05 bits per heavy atom. The largest absolute Gasteiger partial charge is 0.410 e. The lowest BCUT2D eigenvalue weighted by Crippen LogP contribution is -2.48. The first-order valence-corrected chi connectivity index (χ1v) is 7.15. The maximum absolute atomic E-state index is 12.4. The Hall–Kier alpha value is -1.95. The molecular weight excluding hydrogens is 270 g/mol. The molecule has 0 unspecified atom stereocenters. The molecular formula is C15H17N3O3. The van der Waals surface area contributed by atoms with E-state index in [0.29, 0.717) is 17.4 Å². The number of hydrogen-bond donors (Lipinski definition) is 1. The SMILES string of the molecule is C[C@@]12/C(=N/c3ncccc3N)OC(=O)[C@]1(C)[C@H]1CC[C@@H]2O1. The van der Waals surface area contributed by atoms with Crippen LogP contribution < -0.4 is 5.73 Å². The van der Waals surface area contributed by atoms with Crippen LogP contribution in [0.3, 0.4) is 0 Å².